The van der Waals surface area contributed by atoms with Crippen LogP contribution >= 0.6 is 0 Å². The summed E-state index contributed by atoms with van der Waals surface area (Å²) >= 11 is 0. The lowest BCUT2D eigenvalue weighted by Gasteiger charge is -2.35. The van der Waals surface area contributed by atoms with Gasteiger partial charge in [-0.3, -0.25) is 9.69 Å². The number of ether oxygens (including phenoxy) is 2. The zero-order valence-electron chi connectivity index (χ0n) is 13.9. The molecule has 0 aromatic heterocycles. The number of nitrogens with one attached hydrogen (secondary N) is 1. The standard InChI is InChI=1S/C18H23N3O3/c1-13(24-16-6-4-14(9-19)5-7-16)18(22)20-10-17-11-21-8-2-3-15(21)12-23-17/h4-7,13,15,17H,2-3,8,10-12H2,1H3,(H,20,22)/t13-,15-,17-/m0/s1. The minimum Gasteiger partial charge on any atom is -0.481 e. The molecule has 3 atom stereocenters. The minimum absolute atomic E-state index is 0.0467. The van der Waals surface area contributed by atoms with Gasteiger partial charge in [0, 0.05) is 19.1 Å². The van der Waals surface area contributed by atoms with E-state index in [2.05, 4.69) is 16.3 Å². The number of amides is 1. The monoisotopic (exact) mass is 329 g/mol. The molecule has 2 heterocycles. The Hall–Kier alpha value is -2.10. The van der Waals surface area contributed by atoms with Gasteiger partial charge in [-0.15, -0.1) is 0 Å². The first-order valence-electron chi connectivity index (χ1n) is 8.46. The van der Waals surface area contributed by atoms with Gasteiger partial charge in [0.15, 0.2) is 6.10 Å². The zero-order chi connectivity index (χ0) is 16.9. The summed E-state index contributed by atoms with van der Waals surface area (Å²) < 4.78 is 11.5. The summed E-state index contributed by atoms with van der Waals surface area (Å²) in [5, 5.41) is 11.7. The molecule has 128 valence electrons. The molecule has 3 rings (SSSR count). The van der Waals surface area contributed by atoms with Crippen molar-refractivity contribution in [3.63, 3.8) is 0 Å². The van der Waals surface area contributed by atoms with Gasteiger partial charge in [-0.1, -0.05) is 0 Å². The van der Waals surface area contributed by atoms with Gasteiger partial charge < -0.3 is 14.8 Å². The summed E-state index contributed by atoms with van der Waals surface area (Å²) in [6, 6.07) is 9.34. The van der Waals surface area contributed by atoms with Gasteiger partial charge in [-0.2, -0.15) is 5.26 Å². The van der Waals surface area contributed by atoms with Crippen molar-refractivity contribution >= 4 is 5.91 Å². The number of carbonyl (C=O) groups excluding carboxylic acids is 1. The third-order valence-electron chi connectivity index (χ3n) is 4.63. The number of benzene rings is 1. The molecular weight excluding hydrogens is 306 g/mol. The molecule has 6 nitrogen and oxygen atoms in total. The Morgan fingerprint density at radius 3 is 3.04 bits per heavy atom. The van der Waals surface area contributed by atoms with E-state index in [0.717, 1.165) is 19.7 Å². The van der Waals surface area contributed by atoms with E-state index in [1.807, 2.05) is 0 Å². The molecule has 6 heteroatoms. The highest BCUT2D eigenvalue weighted by molar-refractivity contribution is 5.80. The van der Waals surface area contributed by atoms with Gasteiger partial charge in [0.1, 0.15) is 5.75 Å². The van der Waals surface area contributed by atoms with Crippen molar-refractivity contribution in [2.24, 2.45) is 0 Å². The van der Waals surface area contributed by atoms with Crippen LogP contribution in [-0.4, -0.2) is 55.3 Å². The molecule has 1 amide bonds. The zero-order valence-corrected chi connectivity index (χ0v) is 13.9. The molecule has 1 aromatic rings. The quantitative estimate of drug-likeness (QED) is 0.881. The van der Waals surface area contributed by atoms with Crippen molar-refractivity contribution in [3.8, 4) is 11.8 Å². The number of carbonyl (C=O) groups is 1. The lowest BCUT2D eigenvalue weighted by molar-refractivity contribution is -0.128. The lowest BCUT2D eigenvalue weighted by Crippen LogP contribution is -2.51. The summed E-state index contributed by atoms with van der Waals surface area (Å²) in [5.74, 6) is 0.414. The van der Waals surface area contributed by atoms with Crippen molar-refractivity contribution in [1.82, 2.24) is 10.2 Å². The fourth-order valence-corrected chi connectivity index (χ4v) is 3.23. The van der Waals surface area contributed by atoms with Crippen LogP contribution in [0.4, 0.5) is 0 Å². The molecular formula is C18H23N3O3. The molecule has 1 N–H and O–H groups in total. The van der Waals surface area contributed by atoms with Crippen molar-refractivity contribution in [1.29, 1.82) is 5.26 Å². The van der Waals surface area contributed by atoms with Crippen LogP contribution in [0.25, 0.3) is 0 Å². The number of hydrogen-bond acceptors (Lipinski definition) is 5. The lowest BCUT2D eigenvalue weighted by atomic mass is 10.2. The molecule has 0 radical (unpaired) electrons. The highest BCUT2D eigenvalue weighted by Gasteiger charge is 2.32. The Bertz CT molecular complexity index is 611. The SMILES string of the molecule is C[C@H](Oc1ccc(C#N)cc1)C(=O)NC[C@H]1CN2CCC[C@H]2CO1. The molecule has 0 spiro atoms. The molecule has 2 aliphatic heterocycles. The molecule has 1 aromatic carbocycles. The Balaban J connectivity index is 1.43. The maximum atomic E-state index is 12.2. The van der Waals surface area contributed by atoms with E-state index in [-0.39, 0.29) is 12.0 Å². The van der Waals surface area contributed by atoms with E-state index in [1.165, 1.54) is 12.8 Å². The predicted molar refractivity (Wildman–Crippen MR) is 88.6 cm³/mol. The Kier molecular flexibility index (Phi) is 5.34. The second-order valence-corrected chi connectivity index (χ2v) is 6.39. The second-order valence-electron chi connectivity index (χ2n) is 6.39. The van der Waals surface area contributed by atoms with E-state index in [9.17, 15) is 4.79 Å². The number of nitriles is 1. The fourth-order valence-electron chi connectivity index (χ4n) is 3.23. The molecule has 2 fully saturated rings. The van der Waals surface area contributed by atoms with Crippen molar-refractivity contribution in [2.75, 3.05) is 26.2 Å². The largest absolute Gasteiger partial charge is 0.481 e. The van der Waals surface area contributed by atoms with Gasteiger partial charge in [-0.25, -0.2) is 0 Å². The van der Waals surface area contributed by atoms with Crippen LogP contribution in [-0.2, 0) is 9.53 Å². The molecule has 0 unspecified atom stereocenters. The van der Waals surface area contributed by atoms with Crippen molar-refractivity contribution in [2.45, 2.75) is 38.0 Å². The molecule has 0 aliphatic carbocycles. The van der Waals surface area contributed by atoms with Crippen LogP contribution in [0.1, 0.15) is 25.3 Å². The van der Waals surface area contributed by atoms with E-state index in [1.54, 1.807) is 31.2 Å². The highest BCUT2D eigenvalue weighted by Crippen LogP contribution is 2.22. The van der Waals surface area contributed by atoms with Gasteiger partial charge in [0.25, 0.3) is 5.91 Å². The number of fused-ring (bicyclic) bond motifs is 1. The average molecular weight is 329 g/mol. The number of rotatable bonds is 5. The molecule has 2 saturated heterocycles. The van der Waals surface area contributed by atoms with Crippen LogP contribution in [0.15, 0.2) is 24.3 Å². The summed E-state index contributed by atoms with van der Waals surface area (Å²) in [4.78, 5) is 14.6. The Labute approximate surface area is 142 Å². The van der Waals surface area contributed by atoms with Crippen LogP contribution in [0, 0.1) is 11.3 Å². The van der Waals surface area contributed by atoms with Gasteiger partial charge >= 0.3 is 0 Å². The van der Waals surface area contributed by atoms with Crippen LogP contribution in [0.5, 0.6) is 5.75 Å². The number of hydrogen-bond donors (Lipinski definition) is 1. The summed E-state index contributed by atoms with van der Waals surface area (Å²) in [5.41, 5.74) is 0.564. The van der Waals surface area contributed by atoms with E-state index in [4.69, 9.17) is 14.7 Å². The maximum absolute atomic E-state index is 12.2. The first-order valence-corrected chi connectivity index (χ1v) is 8.46. The highest BCUT2D eigenvalue weighted by atomic mass is 16.5. The molecule has 24 heavy (non-hydrogen) atoms. The number of nitrogens with zero attached hydrogens (tertiary/aromatic N) is 2. The first kappa shape index (κ1) is 16.7. The van der Waals surface area contributed by atoms with Crippen molar-refractivity contribution in [3.05, 3.63) is 29.8 Å². The topological polar surface area (TPSA) is 74.6 Å². The molecule has 2 aliphatic rings. The normalized spacial score (nSPS) is 24.7. The van der Waals surface area contributed by atoms with Gasteiger partial charge in [-0.05, 0) is 50.6 Å². The summed E-state index contributed by atoms with van der Waals surface area (Å²) in [7, 11) is 0. The summed E-state index contributed by atoms with van der Waals surface area (Å²) in [6.07, 6.45) is 1.91. The first-order chi connectivity index (χ1) is 11.7. The fraction of sp³-hybridized carbons (Fsp3) is 0.556. The molecule has 0 bridgehead atoms. The Morgan fingerprint density at radius 2 is 2.29 bits per heavy atom. The average Bonchev–Trinajstić information content (AvgIpc) is 3.08. The maximum Gasteiger partial charge on any atom is 0.260 e. The van der Waals surface area contributed by atoms with Crippen LogP contribution in [0.2, 0.25) is 0 Å². The van der Waals surface area contributed by atoms with E-state index < -0.39 is 6.10 Å². The van der Waals surface area contributed by atoms with Crippen LogP contribution < -0.4 is 10.1 Å². The third kappa shape index (κ3) is 4.05. The number of morpholine rings is 1. The van der Waals surface area contributed by atoms with E-state index in [0.29, 0.717) is 23.9 Å². The molecule has 0 saturated carbocycles. The van der Waals surface area contributed by atoms with Gasteiger partial charge in [0.2, 0.25) is 0 Å². The Morgan fingerprint density at radius 1 is 1.50 bits per heavy atom. The smallest absolute Gasteiger partial charge is 0.260 e. The summed E-state index contributed by atoms with van der Waals surface area (Å²) in [6.45, 7) is 5.00. The van der Waals surface area contributed by atoms with Gasteiger partial charge in [0.05, 0.1) is 24.3 Å². The van der Waals surface area contributed by atoms with Crippen molar-refractivity contribution < 1.29 is 14.3 Å². The minimum atomic E-state index is -0.596. The van der Waals surface area contributed by atoms with Crippen LogP contribution in [0.3, 0.4) is 0 Å². The second kappa shape index (κ2) is 7.65. The predicted octanol–water partition coefficient (Wildman–Crippen LogP) is 1.30. The van der Waals surface area contributed by atoms with E-state index >= 15 is 0 Å². The third-order valence-corrected chi connectivity index (χ3v) is 4.63.